The first-order chi connectivity index (χ1) is 43.5. The van der Waals surface area contributed by atoms with Crippen molar-refractivity contribution in [3.05, 3.63) is 148 Å². The van der Waals surface area contributed by atoms with E-state index in [1.165, 1.54) is 6.07 Å². The third-order valence-corrected chi connectivity index (χ3v) is 16.7. The van der Waals surface area contributed by atoms with E-state index in [4.69, 9.17) is 41.3 Å². The van der Waals surface area contributed by atoms with E-state index in [9.17, 15) is 22.8 Å². The van der Waals surface area contributed by atoms with Gasteiger partial charge in [-0.05, 0) is 134 Å². The highest BCUT2D eigenvalue weighted by molar-refractivity contribution is 6.36. The normalized spacial score (nSPS) is 16.0. The lowest BCUT2D eigenvalue weighted by molar-refractivity contribution is 0.0194. The third kappa shape index (κ3) is 16.0. The van der Waals surface area contributed by atoms with Gasteiger partial charge in [0.15, 0.2) is 0 Å². The van der Waals surface area contributed by atoms with Crippen LogP contribution in [-0.4, -0.2) is 142 Å². The number of hydrogen-bond acceptors (Lipinski definition) is 16. The van der Waals surface area contributed by atoms with Crippen molar-refractivity contribution in [1.29, 1.82) is 0 Å². The molecule has 0 bridgehead atoms. The number of halogens is 5. The molecule has 2 aromatic carbocycles. The minimum Gasteiger partial charge on any atom is -0.444 e. The zero-order valence-electron chi connectivity index (χ0n) is 52.6. The number of nitrogens with two attached hydrogens (primary N) is 1. The summed E-state index contributed by atoms with van der Waals surface area (Å²) < 4.78 is 79.2. The van der Waals surface area contributed by atoms with Crippen molar-refractivity contribution in [3.8, 4) is 22.8 Å². The molecule has 23 heteroatoms. The summed E-state index contributed by atoms with van der Waals surface area (Å²) in [6, 6.07) is 18.9. The Morgan fingerprint density at radius 2 is 1.02 bits per heavy atom. The number of ether oxygens (including phenoxy) is 4. The second-order valence-corrected chi connectivity index (χ2v) is 25.3. The van der Waals surface area contributed by atoms with E-state index in [-0.39, 0.29) is 44.9 Å². The zero-order chi connectivity index (χ0) is 64.7. The van der Waals surface area contributed by atoms with Crippen LogP contribution in [-0.2, 0) is 18.9 Å². The Labute approximate surface area is 532 Å². The molecule has 3 N–H and O–H groups in total. The largest absolute Gasteiger partial charge is 0.444 e. The molecule has 6 aromatic heterocycles. The standard InChI is InChI=1S/C34H38F2N6O3.C19H30N4O3.C15H9ClF2N2/c1-21-31(26-7-5-6-10-37-26)40-28-18-23(35)17-25(36)30(28)32(21)39-27-19-29(41-13-15-44-16-14-41)38-20-24(27)22-8-11-42(12-9-22)33(43)45-34(2,3)4;1-19(2,3)26-18(24)23-6-4-14(5-7-23)15-13-21-17(12-16(15)20)22-8-10-25-11-9-22;1-8-14(16)13-10(18)6-9(17)7-12(13)20-15(8)11-4-2-3-5-19-11/h5-7,10,17-20,22H,8-9,11-16H2,1-4H3,(H,38,39,40);12-14H,4-11H2,1-3H3,(H2,20,21);2-7H,1H3. The Bertz CT molecular complexity index is 3890. The minimum atomic E-state index is -0.715. The number of piperidine rings is 2. The first kappa shape index (κ1) is 65.5. The Balaban J connectivity index is 0.000000166. The summed E-state index contributed by atoms with van der Waals surface area (Å²) in [4.78, 5) is 59.9. The van der Waals surface area contributed by atoms with Gasteiger partial charge in [0.25, 0.3) is 0 Å². The summed E-state index contributed by atoms with van der Waals surface area (Å²) in [5.74, 6) is -0.689. The molecule has 10 heterocycles. The highest BCUT2D eigenvalue weighted by Crippen LogP contribution is 2.42. The van der Waals surface area contributed by atoms with Crippen LogP contribution in [0.3, 0.4) is 0 Å². The fraction of sp³-hybridized carbons (Fsp3) is 0.412. The van der Waals surface area contributed by atoms with Crippen molar-refractivity contribution in [2.75, 3.05) is 99.6 Å². The maximum atomic E-state index is 15.6. The number of benzene rings is 2. The van der Waals surface area contributed by atoms with E-state index in [1.54, 1.807) is 41.2 Å². The summed E-state index contributed by atoms with van der Waals surface area (Å²) in [7, 11) is 0. The van der Waals surface area contributed by atoms with Crippen LogP contribution >= 0.6 is 11.6 Å². The molecule has 12 rings (SSSR count). The number of aromatic nitrogens is 6. The Hall–Kier alpha value is -8.47. The number of rotatable bonds is 8. The lowest BCUT2D eigenvalue weighted by Gasteiger charge is -2.34. The van der Waals surface area contributed by atoms with Crippen molar-refractivity contribution >= 4 is 74.3 Å². The summed E-state index contributed by atoms with van der Waals surface area (Å²) >= 11 is 6.21. The molecule has 4 fully saturated rings. The van der Waals surface area contributed by atoms with E-state index in [1.807, 2.05) is 97.3 Å². The number of carbonyl (C=O) groups excluding carboxylic acids is 2. The average Bonchev–Trinajstić information content (AvgIpc) is 0.826. The third-order valence-electron chi connectivity index (χ3n) is 16.2. The number of nitrogen functional groups attached to an aromatic ring is 1. The van der Waals surface area contributed by atoms with Gasteiger partial charge in [0, 0.05) is 130 Å². The molecule has 8 aromatic rings. The van der Waals surface area contributed by atoms with Gasteiger partial charge in [-0.2, -0.15) is 0 Å². The second-order valence-electron chi connectivity index (χ2n) is 25.0. The number of nitrogens with zero attached hydrogens (tertiary/aromatic N) is 10. The van der Waals surface area contributed by atoms with Crippen molar-refractivity contribution in [2.24, 2.45) is 0 Å². The van der Waals surface area contributed by atoms with Gasteiger partial charge in [-0.3, -0.25) is 9.97 Å². The van der Waals surface area contributed by atoms with Crippen LogP contribution in [0.25, 0.3) is 44.6 Å². The molecule has 2 amide bonds. The second kappa shape index (κ2) is 28.4. The van der Waals surface area contributed by atoms with Crippen molar-refractivity contribution < 1.29 is 46.1 Å². The molecule has 4 aliphatic rings. The molecule has 0 aliphatic carbocycles. The molecule has 480 valence electrons. The number of hydrogen-bond donors (Lipinski definition) is 2. The predicted molar refractivity (Wildman–Crippen MR) is 346 cm³/mol. The average molecular weight is 1270 g/mol. The molecule has 4 aliphatic heterocycles. The molecule has 0 unspecified atom stereocenters. The summed E-state index contributed by atoms with van der Waals surface area (Å²) in [6.07, 6.45) is 9.71. The van der Waals surface area contributed by atoms with Gasteiger partial charge in [-0.1, -0.05) is 23.7 Å². The summed E-state index contributed by atoms with van der Waals surface area (Å²) in [5.41, 5.74) is 13.3. The molecule has 4 saturated heterocycles. The Morgan fingerprint density at radius 1 is 0.582 bits per heavy atom. The zero-order valence-corrected chi connectivity index (χ0v) is 53.4. The van der Waals surface area contributed by atoms with Crippen LogP contribution in [0.2, 0.25) is 5.02 Å². The van der Waals surface area contributed by atoms with Crippen LogP contribution < -0.4 is 20.9 Å². The lowest BCUT2D eigenvalue weighted by atomic mass is 9.89. The minimum absolute atomic E-state index is 0.0865. The van der Waals surface area contributed by atoms with Crippen LogP contribution in [0, 0.1) is 37.1 Å². The Morgan fingerprint density at radius 3 is 1.48 bits per heavy atom. The summed E-state index contributed by atoms with van der Waals surface area (Å²) in [6.45, 7) is 23.1. The fourth-order valence-corrected chi connectivity index (χ4v) is 11.9. The number of anilines is 5. The monoisotopic (exact) mass is 1270 g/mol. The van der Waals surface area contributed by atoms with Crippen LogP contribution in [0.15, 0.2) is 97.6 Å². The molecule has 0 atom stereocenters. The quantitative estimate of drug-likeness (QED) is 0.136. The molecular formula is C68H77ClF4N12O6. The van der Waals surface area contributed by atoms with Gasteiger partial charge < -0.3 is 49.6 Å². The Kier molecular flexibility index (Phi) is 20.4. The van der Waals surface area contributed by atoms with Crippen LogP contribution in [0.5, 0.6) is 0 Å². The van der Waals surface area contributed by atoms with Crippen LogP contribution in [0.4, 0.5) is 55.8 Å². The lowest BCUT2D eigenvalue weighted by Crippen LogP contribution is -2.41. The van der Waals surface area contributed by atoms with Gasteiger partial charge in [-0.15, -0.1) is 0 Å². The van der Waals surface area contributed by atoms with Gasteiger partial charge in [-0.25, -0.2) is 47.1 Å². The van der Waals surface area contributed by atoms with E-state index in [0.29, 0.717) is 111 Å². The number of likely N-dealkylation sites (tertiary alicyclic amines) is 2. The van der Waals surface area contributed by atoms with Gasteiger partial charge in [0.2, 0.25) is 0 Å². The van der Waals surface area contributed by atoms with Gasteiger partial charge in [0.1, 0.15) is 46.1 Å². The van der Waals surface area contributed by atoms with E-state index in [0.717, 1.165) is 91.5 Å². The van der Waals surface area contributed by atoms with E-state index >= 15 is 4.39 Å². The maximum absolute atomic E-state index is 15.6. The fourth-order valence-electron chi connectivity index (χ4n) is 11.6. The molecule has 0 spiro atoms. The molecule has 0 radical (unpaired) electrons. The highest BCUT2D eigenvalue weighted by Gasteiger charge is 2.32. The number of morpholine rings is 2. The van der Waals surface area contributed by atoms with E-state index in [2.05, 4.69) is 40.0 Å². The van der Waals surface area contributed by atoms with Crippen molar-refractivity contribution in [3.63, 3.8) is 0 Å². The van der Waals surface area contributed by atoms with E-state index < -0.39 is 34.5 Å². The first-order valence-electron chi connectivity index (χ1n) is 30.7. The SMILES string of the molecule is CC(C)(C)OC(=O)N1CCC(c2cnc(N3CCOCC3)cc2N)CC1.Cc1c(-c2ccccn2)nc2cc(F)cc(F)c2c1Cl.Cc1c(-c2ccccn2)nc2cc(F)cc(F)c2c1Nc1cc(N2CCOCC2)ncc1C1CCN(C(=O)OC(C)(C)C)CC1. The molecule has 91 heavy (non-hydrogen) atoms. The first-order valence-corrected chi connectivity index (χ1v) is 31.1. The molecule has 18 nitrogen and oxygen atoms in total. The number of fused-ring (bicyclic) bond motifs is 2. The van der Waals surface area contributed by atoms with Crippen molar-refractivity contribution in [2.45, 2.75) is 104 Å². The predicted octanol–water partition coefficient (Wildman–Crippen LogP) is 14.1. The number of carbonyl (C=O) groups is 2. The van der Waals surface area contributed by atoms with Crippen molar-refractivity contribution in [1.82, 2.24) is 39.7 Å². The summed E-state index contributed by atoms with van der Waals surface area (Å²) in [5, 5.41) is 4.12. The smallest absolute Gasteiger partial charge is 0.410 e. The number of pyridine rings is 6. The topological polar surface area (TPSA) is 199 Å². The number of amides is 2. The van der Waals surface area contributed by atoms with Crippen LogP contribution in [0.1, 0.15) is 101 Å². The molecular weight excluding hydrogens is 1190 g/mol. The van der Waals surface area contributed by atoms with Gasteiger partial charge in [0.05, 0.1) is 81.7 Å². The maximum Gasteiger partial charge on any atom is 0.410 e. The molecule has 0 saturated carbocycles. The number of nitrogens with one attached hydrogen (secondary N) is 1. The highest BCUT2D eigenvalue weighted by atomic mass is 35.5. The van der Waals surface area contributed by atoms with Gasteiger partial charge >= 0.3 is 12.2 Å².